The maximum atomic E-state index is 13.9. The van der Waals surface area contributed by atoms with Crippen molar-refractivity contribution in [3.8, 4) is 5.75 Å². The Morgan fingerprint density at radius 3 is 2.74 bits per heavy atom. The summed E-state index contributed by atoms with van der Waals surface area (Å²) in [5.74, 6) is 0.699. The molecule has 0 atom stereocenters. The fraction of sp³-hybridized carbons (Fsp3) is 0.600. The summed E-state index contributed by atoms with van der Waals surface area (Å²) in [4.78, 5) is 0. The zero-order chi connectivity index (χ0) is 14.3. The molecule has 1 aromatic rings. The fourth-order valence-corrected chi connectivity index (χ4v) is 2.15. The standard InChI is InChI=1S/C15H23ClFNO/c1-15(2,8-5-9-16)11-18-10-12-6-4-7-13(19-3)14(12)17/h4,6-7,18H,5,8-11H2,1-3H3. The Labute approximate surface area is 120 Å². The lowest BCUT2D eigenvalue weighted by Gasteiger charge is -2.24. The summed E-state index contributed by atoms with van der Waals surface area (Å²) in [6.07, 6.45) is 2.06. The van der Waals surface area contributed by atoms with Gasteiger partial charge in [0, 0.05) is 24.5 Å². The van der Waals surface area contributed by atoms with E-state index in [1.54, 1.807) is 18.2 Å². The van der Waals surface area contributed by atoms with E-state index in [9.17, 15) is 4.39 Å². The highest BCUT2D eigenvalue weighted by atomic mass is 35.5. The summed E-state index contributed by atoms with van der Waals surface area (Å²) in [7, 11) is 1.48. The van der Waals surface area contributed by atoms with Gasteiger partial charge in [0.05, 0.1) is 7.11 Å². The SMILES string of the molecule is COc1cccc(CNCC(C)(C)CCCCl)c1F. The Balaban J connectivity index is 2.49. The van der Waals surface area contributed by atoms with Crippen molar-refractivity contribution < 1.29 is 9.13 Å². The minimum absolute atomic E-state index is 0.171. The normalized spacial score (nSPS) is 11.6. The first-order valence-corrected chi connectivity index (χ1v) is 7.11. The van der Waals surface area contributed by atoms with Crippen molar-refractivity contribution in [3.63, 3.8) is 0 Å². The Morgan fingerprint density at radius 2 is 2.11 bits per heavy atom. The summed E-state index contributed by atoms with van der Waals surface area (Å²) in [6, 6.07) is 5.21. The second-order valence-corrected chi connectivity index (χ2v) is 5.87. The van der Waals surface area contributed by atoms with Crippen LogP contribution < -0.4 is 10.1 Å². The van der Waals surface area contributed by atoms with Gasteiger partial charge >= 0.3 is 0 Å². The van der Waals surface area contributed by atoms with Crippen LogP contribution in [-0.4, -0.2) is 19.5 Å². The Morgan fingerprint density at radius 1 is 1.37 bits per heavy atom. The van der Waals surface area contributed by atoms with Crippen LogP contribution in [0.5, 0.6) is 5.75 Å². The predicted molar refractivity (Wildman–Crippen MR) is 78.4 cm³/mol. The third-order valence-electron chi connectivity index (χ3n) is 3.17. The smallest absolute Gasteiger partial charge is 0.169 e. The molecule has 1 aromatic carbocycles. The number of methoxy groups -OCH3 is 1. The van der Waals surface area contributed by atoms with Crippen LogP contribution in [0.15, 0.2) is 18.2 Å². The van der Waals surface area contributed by atoms with Gasteiger partial charge in [-0.15, -0.1) is 11.6 Å². The predicted octanol–water partition coefficient (Wildman–Crippen LogP) is 3.97. The molecule has 0 saturated carbocycles. The first-order chi connectivity index (χ1) is 9.00. The van der Waals surface area contributed by atoms with Crippen LogP contribution in [-0.2, 0) is 6.54 Å². The Hall–Kier alpha value is -0.800. The van der Waals surface area contributed by atoms with Gasteiger partial charge in [0.2, 0.25) is 0 Å². The molecule has 0 bridgehead atoms. The number of alkyl halides is 1. The van der Waals surface area contributed by atoms with E-state index in [1.165, 1.54) is 7.11 Å². The molecule has 0 aliphatic heterocycles. The van der Waals surface area contributed by atoms with E-state index in [-0.39, 0.29) is 11.2 Å². The van der Waals surface area contributed by atoms with Crippen LogP contribution in [0, 0.1) is 11.2 Å². The zero-order valence-electron chi connectivity index (χ0n) is 11.9. The van der Waals surface area contributed by atoms with Crippen LogP contribution in [0.4, 0.5) is 4.39 Å². The number of benzene rings is 1. The van der Waals surface area contributed by atoms with Crippen molar-refractivity contribution in [2.24, 2.45) is 5.41 Å². The lowest BCUT2D eigenvalue weighted by atomic mass is 9.88. The van der Waals surface area contributed by atoms with Gasteiger partial charge in [-0.1, -0.05) is 26.0 Å². The van der Waals surface area contributed by atoms with E-state index >= 15 is 0 Å². The van der Waals surface area contributed by atoms with Crippen molar-refractivity contribution in [1.29, 1.82) is 0 Å². The second kappa shape index (κ2) is 7.71. The molecule has 0 aliphatic carbocycles. The number of nitrogens with one attached hydrogen (secondary N) is 1. The van der Waals surface area contributed by atoms with Crippen molar-refractivity contribution in [2.45, 2.75) is 33.2 Å². The fourth-order valence-electron chi connectivity index (χ4n) is 2.02. The third kappa shape index (κ3) is 5.37. The molecule has 0 amide bonds. The number of ether oxygens (including phenoxy) is 1. The molecule has 0 fully saturated rings. The van der Waals surface area contributed by atoms with E-state index in [0.29, 0.717) is 23.7 Å². The van der Waals surface area contributed by atoms with Crippen LogP contribution in [0.1, 0.15) is 32.3 Å². The Kier molecular flexibility index (Phi) is 6.59. The monoisotopic (exact) mass is 287 g/mol. The van der Waals surface area contributed by atoms with Gasteiger partial charge in [0.1, 0.15) is 0 Å². The number of hydrogen-bond donors (Lipinski definition) is 1. The highest BCUT2D eigenvalue weighted by molar-refractivity contribution is 6.17. The molecule has 0 heterocycles. The maximum absolute atomic E-state index is 13.9. The van der Waals surface area contributed by atoms with Gasteiger partial charge in [-0.2, -0.15) is 0 Å². The zero-order valence-corrected chi connectivity index (χ0v) is 12.7. The van der Waals surface area contributed by atoms with Gasteiger partial charge in [-0.05, 0) is 24.3 Å². The average Bonchev–Trinajstić information content (AvgIpc) is 2.38. The lowest BCUT2D eigenvalue weighted by molar-refractivity contribution is 0.310. The molecule has 4 heteroatoms. The average molecular weight is 288 g/mol. The van der Waals surface area contributed by atoms with Gasteiger partial charge in [0.25, 0.3) is 0 Å². The van der Waals surface area contributed by atoms with E-state index in [1.807, 2.05) is 0 Å². The summed E-state index contributed by atoms with van der Waals surface area (Å²) >= 11 is 5.71. The molecule has 1 rings (SSSR count). The lowest BCUT2D eigenvalue weighted by Crippen LogP contribution is -2.29. The highest BCUT2D eigenvalue weighted by Crippen LogP contribution is 2.23. The minimum Gasteiger partial charge on any atom is -0.494 e. The van der Waals surface area contributed by atoms with E-state index in [0.717, 1.165) is 19.4 Å². The third-order valence-corrected chi connectivity index (χ3v) is 3.44. The summed E-state index contributed by atoms with van der Waals surface area (Å²) < 4.78 is 18.9. The van der Waals surface area contributed by atoms with Crippen LogP contribution >= 0.6 is 11.6 Å². The first-order valence-electron chi connectivity index (χ1n) is 6.58. The van der Waals surface area contributed by atoms with E-state index < -0.39 is 0 Å². The van der Waals surface area contributed by atoms with Crippen LogP contribution in [0.2, 0.25) is 0 Å². The molecule has 0 aliphatic rings. The largest absolute Gasteiger partial charge is 0.494 e. The van der Waals surface area contributed by atoms with Crippen molar-refractivity contribution in [3.05, 3.63) is 29.6 Å². The topological polar surface area (TPSA) is 21.3 Å². The molecule has 0 saturated heterocycles. The van der Waals surface area contributed by atoms with Crippen molar-refractivity contribution >= 4 is 11.6 Å². The second-order valence-electron chi connectivity index (χ2n) is 5.49. The van der Waals surface area contributed by atoms with Crippen molar-refractivity contribution in [1.82, 2.24) is 5.32 Å². The highest BCUT2D eigenvalue weighted by Gasteiger charge is 2.17. The summed E-state index contributed by atoms with van der Waals surface area (Å²) in [5.41, 5.74) is 0.803. The van der Waals surface area contributed by atoms with Gasteiger partial charge in [0.15, 0.2) is 11.6 Å². The summed E-state index contributed by atoms with van der Waals surface area (Å²) in [5, 5.41) is 3.30. The molecule has 1 N–H and O–H groups in total. The van der Waals surface area contributed by atoms with E-state index in [2.05, 4.69) is 19.2 Å². The van der Waals surface area contributed by atoms with Crippen LogP contribution in [0.25, 0.3) is 0 Å². The molecule has 108 valence electrons. The molecule has 0 unspecified atom stereocenters. The van der Waals surface area contributed by atoms with Gasteiger partial charge in [-0.3, -0.25) is 0 Å². The molecule has 0 radical (unpaired) electrons. The number of halogens is 2. The van der Waals surface area contributed by atoms with E-state index in [4.69, 9.17) is 16.3 Å². The number of hydrogen-bond acceptors (Lipinski definition) is 2. The summed E-state index contributed by atoms with van der Waals surface area (Å²) in [6.45, 7) is 5.72. The molecule has 0 spiro atoms. The first kappa shape index (κ1) is 16.3. The van der Waals surface area contributed by atoms with Gasteiger partial charge in [-0.25, -0.2) is 4.39 Å². The molecule has 19 heavy (non-hydrogen) atoms. The molecular weight excluding hydrogens is 265 g/mol. The quantitative estimate of drug-likeness (QED) is 0.731. The Bertz CT molecular complexity index is 396. The maximum Gasteiger partial charge on any atom is 0.169 e. The van der Waals surface area contributed by atoms with Crippen molar-refractivity contribution in [2.75, 3.05) is 19.5 Å². The molecule has 2 nitrogen and oxygen atoms in total. The number of rotatable bonds is 8. The minimum atomic E-state index is -0.281. The molecule has 0 aromatic heterocycles. The van der Waals surface area contributed by atoms with Crippen LogP contribution in [0.3, 0.4) is 0 Å². The molecular formula is C15H23ClFNO. The van der Waals surface area contributed by atoms with Gasteiger partial charge < -0.3 is 10.1 Å².